The van der Waals surface area contributed by atoms with Gasteiger partial charge >= 0.3 is 6.09 Å². The van der Waals surface area contributed by atoms with Crippen molar-refractivity contribution in [2.45, 2.75) is 39.5 Å². The fourth-order valence-corrected chi connectivity index (χ4v) is 1.95. The Kier molecular flexibility index (Phi) is 5.51. The molecule has 23 heavy (non-hydrogen) atoms. The van der Waals surface area contributed by atoms with Crippen LogP contribution in [-0.2, 0) is 17.8 Å². The highest BCUT2D eigenvalue weighted by Gasteiger charge is 2.16. The smallest absolute Gasteiger partial charge is 0.407 e. The van der Waals surface area contributed by atoms with E-state index in [4.69, 9.17) is 4.74 Å². The number of carbonyl (C=O) groups excluding carboxylic acids is 1. The molecule has 0 spiro atoms. The third-order valence-electron chi connectivity index (χ3n) is 2.94. The lowest BCUT2D eigenvalue weighted by atomic mass is 10.1. The zero-order valence-corrected chi connectivity index (χ0v) is 13.7. The molecule has 0 aliphatic heterocycles. The molecule has 0 saturated carbocycles. The molecule has 0 atom stereocenters. The molecular weight excluding hydrogens is 292 g/mol. The number of benzene rings is 1. The van der Waals surface area contributed by atoms with Gasteiger partial charge in [-0.15, -0.1) is 0 Å². The second-order valence-corrected chi connectivity index (χ2v) is 6.11. The second-order valence-electron chi connectivity index (χ2n) is 6.11. The number of carbonyl (C=O) groups is 1. The topological polar surface area (TPSA) is 76.1 Å². The number of hydrogen-bond donors (Lipinski definition) is 2. The number of para-hydroxylation sites is 1. The third-order valence-corrected chi connectivity index (χ3v) is 2.94. The predicted octanol–water partition coefficient (Wildman–Crippen LogP) is 3.11. The summed E-state index contributed by atoms with van der Waals surface area (Å²) in [6.45, 7) is 6.52. The van der Waals surface area contributed by atoms with Crippen molar-refractivity contribution in [2.75, 3.05) is 5.32 Å². The van der Waals surface area contributed by atoms with Crippen LogP contribution in [0.5, 0.6) is 0 Å². The van der Waals surface area contributed by atoms with Crippen molar-refractivity contribution < 1.29 is 9.53 Å². The lowest BCUT2D eigenvalue weighted by molar-refractivity contribution is 0.0523. The van der Waals surface area contributed by atoms with Crippen LogP contribution in [-0.4, -0.2) is 21.7 Å². The van der Waals surface area contributed by atoms with E-state index in [-0.39, 0.29) is 0 Å². The highest BCUT2D eigenvalue weighted by molar-refractivity contribution is 5.68. The van der Waals surface area contributed by atoms with E-state index in [1.807, 2.05) is 45.0 Å². The first-order chi connectivity index (χ1) is 10.9. The standard InChI is InChI=1S/C17H22N4O2/c1-17(2,3)23-16(22)21-11-14-6-4-5-7-15(14)20-10-13-8-18-12-19-9-13/h4-9,12,20H,10-11H2,1-3H3,(H,21,22). The fourth-order valence-electron chi connectivity index (χ4n) is 1.95. The number of amides is 1. The Hall–Kier alpha value is -2.63. The highest BCUT2D eigenvalue weighted by atomic mass is 16.6. The third kappa shape index (κ3) is 5.94. The minimum atomic E-state index is -0.505. The van der Waals surface area contributed by atoms with E-state index >= 15 is 0 Å². The molecule has 2 N–H and O–H groups in total. The van der Waals surface area contributed by atoms with Gasteiger partial charge in [0.25, 0.3) is 0 Å². The Morgan fingerprint density at radius 3 is 2.52 bits per heavy atom. The average Bonchev–Trinajstić information content (AvgIpc) is 2.51. The molecule has 1 aromatic heterocycles. The van der Waals surface area contributed by atoms with Crippen LogP contribution in [0.4, 0.5) is 10.5 Å². The fraction of sp³-hybridized carbons (Fsp3) is 0.353. The lowest BCUT2D eigenvalue weighted by Gasteiger charge is -2.20. The van der Waals surface area contributed by atoms with Gasteiger partial charge in [0.05, 0.1) is 0 Å². The summed E-state index contributed by atoms with van der Waals surface area (Å²) in [5.74, 6) is 0. The molecule has 0 aliphatic carbocycles. The summed E-state index contributed by atoms with van der Waals surface area (Å²) in [6, 6.07) is 7.81. The maximum Gasteiger partial charge on any atom is 0.407 e. The minimum Gasteiger partial charge on any atom is -0.444 e. The lowest BCUT2D eigenvalue weighted by Crippen LogP contribution is -2.32. The zero-order valence-electron chi connectivity index (χ0n) is 13.7. The summed E-state index contributed by atoms with van der Waals surface area (Å²) < 4.78 is 5.24. The molecule has 6 nitrogen and oxygen atoms in total. The van der Waals surface area contributed by atoms with Crippen LogP contribution in [0.25, 0.3) is 0 Å². The Labute approximate surface area is 136 Å². The van der Waals surface area contributed by atoms with Gasteiger partial charge in [0, 0.05) is 36.7 Å². The first-order valence-electron chi connectivity index (χ1n) is 7.46. The largest absolute Gasteiger partial charge is 0.444 e. The maximum atomic E-state index is 11.8. The van der Waals surface area contributed by atoms with Gasteiger partial charge in [0.15, 0.2) is 0 Å². The van der Waals surface area contributed by atoms with Crippen LogP contribution in [0, 0.1) is 0 Å². The normalized spacial score (nSPS) is 10.9. The number of nitrogens with one attached hydrogen (secondary N) is 2. The number of aromatic nitrogens is 2. The van der Waals surface area contributed by atoms with E-state index in [9.17, 15) is 4.79 Å². The van der Waals surface area contributed by atoms with E-state index in [0.29, 0.717) is 13.1 Å². The number of anilines is 1. The van der Waals surface area contributed by atoms with Gasteiger partial charge in [0.1, 0.15) is 11.9 Å². The zero-order chi connectivity index (χ0) is 16.7. The van der Waals surface area contributed by atoms with Crippen LogP contribution in [0.3, 0.4) is 0 Å². The van der Waals surface area contributed by atoms with E-state index in [1.165, 1.54) is 6.33 Å². The average molecular weight is 314 g/mol. The van der Waals surface area contributed by atoms with Gasteiger partial charge in [-0.1, -0.05) is 18.2 Å². The van der Waals surface area contributed by atoms with Crippen molar-refractivity contribution in [1.29, 1.82) is 0 Å². The number of alkyl carbamates (subject to hydrolysis) is 1. The molecule has 1 amide bonds. The molecule has 0 fully saturated rings. The Balaban J connectivity index is 1.93. The predicted molar refractivity (Wildman–Crippen MR) is 88.9 cm³/mol. The summed E-state index contributed by atoms with van der Waals surface area (Å²) in [5, 5.41) is 6.10. The molecule has 1 aromatic carbocycles. The van der Waals surface area contributed by atoms with Gasteiger partial charge in [-0.05, 0) is 32.4 Å². The van der Waals surface area contributed by atoms with Crippen molar-refractivity contribution in [3.63, 3.8) is 0 Å². The van der Waals surface area contributed by atoms with Gasteiger partial charge in [-0.2, -0.15) is 0 Å². The number of hydrogen-bond acceptors (Lipinski definition) is 5. The van der Waals surface area contributed by atoms with Gasteiger partial charge in [-0.25, -0.2) is 14.8 Å². The van der Waals surface area contributed by atoms with Gasteiger partial charge in [0.2, 0.25) is 0 Å². The molecule has 0 aliphatic rings. The number of ether oxygens (including phenoxy) is 1. The molecule has 6 heteroatoms. The molecule has 2 aromatic rings. The monoisotopic (exact) mass is 314 g/mol. The quantitative estimate of drug-likeness (QED) is 0.887. The van der Waals surface area contributed by atoms with Crippen LogP contribution < -0.4 is 10.6 Å². The van der Waals surface area contributed by atoms with Crippen molar-refractivity contribution in [2.24, 2.45) is 0 Å². The van der Waals surface area contributed by atoms with Gasteiger partial charge in [-0.3, -0.25) is 0 Å². The molecule has 0 unspecified atom stereocenters. The molecule has 2 rings (SSSR count). The van der Waals surface area contributed by atoms with Crippen LogP contribution in [0.2, 0.25) is 0 Å². The maximum absolute atomic E-state index is 11.8. The van der Waals surface area contributed by atoms with E-state index in [1.54, 1.807) is 12.4 Å². The Morgan fingerprint density at radius 2 is 1.83 bits per heavy atom. The Morgan fingerprint density at radius 1 is 1.13 bits per heavy atom. The molecule has 0 saturated heterocycles. The molecule has 0 radical (unpaired) electrons. The van der Waals surface area contributed by atoms with Crippen LogP contribution >= 0.6 is 0 Å². The van der Waals surface area contributed by atoms with Crippen LogP contribution in [0.15, 0.2) is 43.0 Å². The second kappa shape index (κ2) is 7.58. The molecular formula is C17H22N4O2. The molecule has 1 heterocycles. The first-order valence-corrected chi connectivity index (χ1v) is 7.46. The van der Waals surface area contributed by atoms with Crippen molar-refractivity contribution in [3.8, 4) is 0 Å². The summed E-state index contributed by atoms with van der Waals surface area (Å²) in [7, 11) is 0. The summed E-state index contributed by atoms with van der Waals surface area (Å²) in [4.78, 5) is 19.7. The van der Waals surface area contributed by atoms with Crippen LogP contribution in [0.1, 0.15) is 31.9 Å². The van der Waals surface area contributed by atoms with Crippen molar-refractivity contribution >= 4 is 11.8 Å². The van der Waals surface area contributed by atoms with Crippen molar-refractivity contribution in [1.82, 2.24) is 15.3 Å². The number of rotatable bonds is 5. The van der Waals surface area contributed by atoms with Crippen molar-refractivity contribution in [3.05, 3.63) is 54.1 Å². The Bertz CT molecular complexity index is 639. The highest BCUT2D eigenvalue weighted by Crippen LogP contribution is 2.16. The first kappa shape index (κ1) is 16.7. The summed E-state index contributed by atoms with van der Waals surface area (Å²) in [6.07, 6.45) is 4.61. The molecule has 122 valence electrons. The van der Waals surface area contributed by atoms with E-state index in [2.05, 4.69) is 20.6 Å². The summed E-state index contributed by atoms with van der Waals surface area (Å²) >= 11 is 0. The number of nitrogens with zero attached hydrogens (tertiary/aromatic N) is 2. The van der Waals surface area contributed by atoms with E-state index in [0.717, 1.165) is 16.8 Å². The SMILES string of the molecule is CC(C)(C)OC(=O)NCc1ccccc1NCc1cncnc1. The van der Waals surface area contributed by atoms with E-state index < -0.39 is 11.7 Å². The van der Waals surface area contributed by atoms with Gasteiger partial charge < -0.3 is 15.4 Å². The molecule has 0 bridgehead atoms. The summed E-state index contributed by atoms with van der Waals surface area (Å²) in [5.41, 5.74) is 2.42. The minimum absolute atomic E-state index is 0.392.